The van der Waals surface area contributed by atoms with Crippen LogP contribution in [0.1, 0.15) is 63.0 Å². The highest BCUT2D eigenvalue weighted by molar-refractivity contribution is 5.76. The minimum atomic E-state index is -0.350. The Morgan fingerprint density at radius 2 is 1.67 bits per heavy atom. The summed E-state index contributed by atoms with van der Waals surface area (Å²) in [7, 11) is 1.86. The van der Waals surface area contributed by atoms with Crippen LogP contribution in [-0.4, -0.2) is 29.0 Å². The van der Waals surface area contributed by atoms with Crippen molar-refractivity contribution in [3.05, 3.63) is 35.4 Å². The van der Waals surface area contributed by atoms with E-state index in [-0.39, 0.29) is 11.8 Å². The van der Waals surface area contributed by atoms with Crippen LogP contribution in [0.2, 0.25) is 0 Å². The zero-order chi connectivity index (χ0) is 17.8. The van der Waals surface area contributed by atoms with Crippen molar-refractivity contribution in [2.45, 2.75) is 64.8 Å². The smallest absolute Gasteiger partial charge is 0.243 e. The van der Waals surface area contributed by atoms with Gasteiger partial charge in [0.05, 0.1) is 0 Å². The van der Waals surface area contributed by atoms with E-state index in [1.165, 1.54) is 11.1 Å². The van der Waals surface area contributed by atoms with Gasteiger partial charge >= 0.3 is 0 Å². The molecule has 0 saturated heterocycles. The highest BCUT2D eigenvalue weighted by Crippen LogP contribution is 2.14. The Labute approximate surface area is 145 Å². The quantitative estimate of drug-likeness (QED) is 0.370. The molecule has 24 heavy (non-hydrogen) atoms. The maximum absolute atomic E-state index is 12.2. The van der Waals surface area contributed by atoms with E-state index in [9.17, 15) is 9.59 Å². The minimum Gasteiger partial charge on any atom is -0.341 e. The van der Waals surface area contributed by atoms with Crippen LogP contribution in [-0.2, 0) is 22.6 Å². The number of aryl methyl sites for hydroxylation is 1. The van der Waals surface area contributed by atoms with E-state index in [0.717, 1.165) is 38.5 Å². The van der Waals surface area contributed by atoms with Crippen molar-refractivity contribution in [1.29, 1.82) is 0 Å². The first-order valence-corrected chi connectivity index (χ1v) is 8.82. The van der Waals surface area contributed by atoms with Gasteiger partial charge in [0.25, 0.3) is 0 Å². The maximum Gasteiger partial charge on any atom is 0.243 e. The summed E-state index contributed by atoms with van der Waals surface area (Å²) in [5.41, 5.74) is 4.17. The second-order valence-electron chi connectivity index (χ2n) is 6.22. The average molecular weight is 334 g/mol. The fourth-order valence-corrected chi connectivity index (χ4v) is 2.73. The third-order valence-corrected chi connectivity index (χ3v) is 4.14. The van der Waals surface area contributed by atoms with E-state index in [0.29, 0.717) is 19.4 Å². The maximum atomic E-state index is 12.2. The Balaban J connectivity index is 2.29. The number of rotatable bonds is 11. The molecule has 0 heterocycles. The lowest BCUT2D eigenvalue weighted by Crippen LogP contribution is -2.26. The third-order valence-electron chi connectivity index (χ3n) is 4.14. The van der Waals surface area contributed by atoms with Crippen LogP contribution in [0.25, 0.3) is 0 Å². The van der Waals surface area contributed by atoms with Crippen molar-refractivity contribution in [1.82, 2.24) is 10.4 Å². The fourth-order valence-electron chi connectivity index (χ4n) is 2.73. The van der Waals surface area contributed by atoms with Crippen LogP contribution in [0, 0.1) is 0 Å². The summed E-state index contributed by atoms with van der Waals surface area (Å²) in [6, 6.07) is 8.31. The number of carbonyl (C=O) groups is 2. The van der Waals surface area contributed by atoms with Crippen molar-refractivity contribution in [2.24, 2.45) is 0 Å². The number of carbonyl (C=O) groups excluding carboxylic acids is 2. The monoisotopic (exact) mass is 334 g/mol. The summed E-state index contributed by atoms with van der Waals surface area (Å²) in [6.45, 7) is 2.82. The van der Waals surface area contributed by atoms with Crippen molar-refractivity contribution >= 4 is 11.8 Å². The molecule has 0 radical (unpaired) electrons. The molecular formula is C19H30N2O3. The largest absolute Gasteiger partial charge is 0.341 e. The Morgan fingerprint density at radius 3 is 2.29 bits per heavy atom. The first kappa shape index (κ1) is 20.2. The molecule has 2 amide bonds. The SMILES string of the molecule is CCCc1ccccc1CN(C)C(=O)CCCCCCC(=O)NO. The number of hydrogen-bond donors (Lipinski definition) is 2. The van der Waals surface area contributed by atoms with Gasteiger partial charge in [-0.05, 0) is 30.4 Å². The molecule has 5 heteroatoms. The Kier molecular flexibility index (Phi) is 9.77. The van der Waals surface area contributed by atoms with Crippen molar-refractivity contribution in [2.75, 3.05) is 7.05 Å². The van der Waals surface area contributed by atoms with Gasteiger partial charge in [-0.1, -0.05) is 50.5 Å². The summed E-state index contributed by atoms with van der Waals surface area (Å²) >= 11 is 0. The first-order valence-electron chi connectivity index (χ1n) is 8.82. The number of amides is 2. The van der Waals surface area contributed by atoms with Crippen LogP contribution in [0.3, 0.4) is 0 Å². The molecule has 0 aliphatic rings. The molecule has 0 bridgehead atoms. The number of nitrogens with one attached hydrogen (secondary N) is 1. The predicted molar refractivity (Wildman–Crippen MR) is 94.5 cm³/mol. The van der Waals surface area contributed by atoms with Gasteiger partial charge in [-0.3, -0.25) is 14.8 Å². The predicted octanol–water partition coefficient (Wildman–Crippen LogP) is 3.44. The van der Waals surface area contributed by atoms with E-state index in [4.69, 9.17) is 5.21 Å². The van der Waals surface area contributed by atoms with Gasteiger partial charge in [0.2, 0.25) is 11.8 Å². The molecule has 0 aromatic heterocycles. The van der Waals surface area contributed by atoms with Crippen LogP contribution >= 0.6 is 0 Å². The minimum absolute atomic E-state index is 0.161. The molecule has 1 rings (SSSR count). The van der Waals surface area contributed by atoms with Gasteiger partial charge in [-0.25, -0.2) is 5.48 Å². The van der Waals surface area contributed by atoms with E-state index < -0.39 is 0 Å². The molecule has 0 spiro atoms. The number of hydroxylamine groups is 1. The summed E-state index contributed by atoms with van der Waals surface area (Å²) < 4.78 is 0. The van der Waals surface area contributed by atoms with E-state index >= 15 is 0 Å². The summed E-state index contributed by atoms with van der Waals surface area (Å²) in [4.78, 5) is 24.9. The zero-order valence-electron chi connectivity index (χ0n) is 14.9. The Morgan fingerprint density at radius 1 is 1.04 bits per heavy atom. The van der Waals surface area contributed by atoms with Gasteiger partial charge in [-0.15, -0.1) is 0 Å². The topological polar surface area (TPSA) is 69.6 Å². The molecule has 0 aliphatic carbocycles. The fraction of sp³-hybridized carbons (Fsp3) is 0.579. The third kappa shape index (κ3) is 7.59. The first-order chi connectivity index (χ1) is 11.6. The molecule has 0 fully saturated rings. The molecule has 5 nitrogen and oxygen atoms in total. The zero-order valence-corrected chi connectivity index (χ0v) is 14.9. The van der Waals surface area contributed by atoms with Gasteiger partial charge < -0.3 is 4.90 Å². The second kappa shape index (κ2) is 11.6. The number of benzene rings is 1. The molecule has 134 valence electrons. The van der Waals surface area contributed by atoms with Crippen LogP contribution in [0.5, 0.6) is 0 Å². The lowest BCUT2D eigenvalue weighted by Gasteiger charge is -2.19. The van der Waals surface area contributed by atoms with Crippen LogP contribution in [0.15, 0.2) is 24.3 Å². The number of nitrogens with zero attached hydrogens (tertiary/aromatic N) is 1. The molecule has 0 atom stereocenters. The lowest BCUT2D eigenvalue weighted by atomic mass is 10.0. The van der Waals surface area contributed by atoms with Crippen molar-refractivity contribution in [3.63, 3.8) is 0 Å². The Bertz CT molecular complexity index is 517. The molecule has 0 unspecified atom stereocenters. The number of unbranched alkanes of at least 4 members (excludes halogenated alkanes) is 3. The normalized spacial score (nSPS) is 10.5. The van der Waals surface area contributed by atoms with Crippen molar-refractivity contribution in [3.8, 4) is 0 Å². The van der Waals surface area contributed by atoms with Crippen LogP contribution in [0.4, 0.5) is 0 Å². The molecule has 1 aromatic rings. The molecule has 0 aliphatic heterocycles. The Hall–Kier alpha value is -1.88. The highest BCUT2D eigenvalue weighted by Gasteiger charge is 2.11. The molecule has 2 N–H and O–H groups in total. The lowest BCUT2D eigenvalue weighted by molar-refractivity contribution is -0.131. The second-order valence-corrected chi connectivity index (χ2v) is 6.22. The molecular weight excluding hydrogens is 304 g/mol. The van der Waals surface area contributed by atoms with Gasteiger partial charge in [0.15, 0.2) is 0 Å². The summed E-state index contributed by atoms with van der Waals surface area (Å²) in [6.07, 6.45) is 6.40. The van der Waals surface area contributed by atoms with E-state index in [2.05, 4.69) is 19.1 Å². The number of hydrogen-bond acceptors (Lipinski definition) is 3. The van der Waals surface area contributed by atoms with Crippen molar-refractivity contribution < 1.29 is 14.8 Å². The molecule has 0 saturated carbocycles. The molecule has 1 aromatic carbocycles. The van der Waals surface area contributed by atoms with Gasteiger partial charge in [0, 0.05) is 26.4 Å². The van der Waals surface area contributed by atoms with Gasteiger partial charge in [0.1, 0.15) is 0 Å². The standard InChI is InChI=1S/C19H30N2O3/c1-3-10-16-11-8-9-12-17(16)15-21(2)19(23)14-7-5-4-6-13-18(22)20-24/h8-9,11-12,24H,3-7,10,13-15H2,1-2H3,(H,20,22). The van der Waals surface area contributed by atoms with Crippen LogP contribution < -0.4 is 5.48 Å². The van der Waals surface area contributed by atoms with Gasteiger partial charge in [-0.2, -0.15) is 0 Å². The van der Waals surface area contributed by atoms with E-state index in [1.807, 2.05) is 19.2 Å². The van der Waals surface area contributed by atoms with E-state index in [1.54, 1.807) is 10.4 Å². The summed E-state index contributed by atoms with van der Waals surface area (Å²) in [5, 5.41) is 8.40. The average Bonchev–Trinajstić information content (AvgIpc) is 2.59. The summed E-state index contributed by atoms with van der Waals surface area (Å²) in [5.74, 6) is -0.189. The highest BCUT2D eigenvalue weighted by atomic mass is 16.5.